The fourth-order valence-corrected chi connectivity index (χ4v) is 2.89. The maximum atomic E-state index is 12.1. The Morgan fingerprint density at radius 1 is 1.25 bits per heavy atom. The smallest absolute Gasteiger partial charge is 0.313 e. The summed E-state index contributed by atoms with van der Waals surface area (Å²) >= 11 is 0. The number of hydrogen-bond donors (Lipinski definition) is 0. The predicted octanol–water partition coefficient (Wildman–Crippen LogP) is 2.07. The van der Waals surface area contributed by atoms with Crippen LogP contribution in [0.25, 0.3) is 11.0 Å². The van der Waals surface area contributed by atoms with Gasteiger partial charge in [0, 0.05) is 11.9 Å². The van der Waals surface area contributed by atoms with Crippen LogP contribution >= 0.6 is 0 Å². The summed E-state index contributed by atoms with van der Waals surface area (Å²) in [7, 11) is 2.68. The Hall–Kier alpha value is -2.38. The number of ether oxygens (including phenoxy) is 2. The van der Waals surface area contributed by atoms with Crippen LogP contribution in [0.5, 0.6) is 0 Å². The maximum absolute atomic E-state index is 12.1. The average molecular weight is 333 g/mol. The first-order chi connectivity index (χ1) is 11.6. The van der Waals surface area contributed by atoms with Crippen LogP contribution < -0.4 is 0 Å². The predicted molar refractivity (Wildman–Crippen MR) is 83.8 cm³/mol. The fraction of sp³-hybridized carbons (Fsp3) is 0.412. The lowest BCUT2D eigenvalue weighted by atomic mass is 9.99. The lowest BCUT2D eigenvalue weighted by Gasteiger charge is -2.22. The van der Waals surface area contributed by atoms with Crippen molar-refractivity contribution in [3.05, 3.63) is 36.1 Å². The molecule has 1 aliphatic rings. The Morgan fingerprint density at radius 3 is 2.75 bits per heavy atom. The zero-order chi connectivity index (χ0) is 17.1. The summed E-state index contributed by atoms with van der Waals surface area (Å²) in [5, 5.41) is 2.53. The molecule has 128 valence electrons. The fourth-order valence-electron chi connectivity index (χ4n) is 2.89. The van der Waals surface area contributed by atoms with E-state index in [1.807, 2.05) is 30.3 Å². The van der Waals surface area contributed by atoms with Gasteiger partial charge in [0.05, 0.1) is 27.2 Å². The van der Waals surface area contributed by atoms with Gasteiger partial charge in [-0.25, -0.2) is 0 Å². The Balaban J connectivity index is 1.89. The summed E-state index contributed by atoms with van der Waals surface area (Å²) in [5.41, 5.74) is 0.732. The van der Waals surface area contributed by atoms with Gasteiger partial charge in [0.1, 0.15) is 23.3 Å². The van der Waals surface area contributed by atoms with Crippen LogP contribution in [0.1, 0.15) is 18.2 Å². The van der Waals surface area contributed by atoms with E-state index in [1.54, 1.807) is 5.06 Å². The number of rotatable bonds is 5. The molecular formula is C17H19NO6. The van der Waals surface area contributed by atoms with Crippen LogP contribution in [0.4, 0.5) is 0 Å². The quantitative estimate of drug-likeness (QED) is 0.775. The zero-order valence-electron chi connectivity index (χ0n) is 13.6. The number of hydroxylamine groups is 2. The van der Waals surface area contributed by atoms with Crippen LogP contribution in [-0.2, 0) is 23.9 Å². The van der Waals surface area contributed by atoms with E-state index in [4.69, 9.17) is 14.0 Å². The van der Waals surface area contributed by atoms with Gasteiger partial charge in [0.2, 0.25) is 0 Å². The SMILES string of the molecule is COC(=O)CCN1OC[C@@H](C(=O)OC)[C@@H]1c1cc2ccccc2o1. The van der Waals surface area contributed by atoms with Crippen LogP contribution in [0.2, 0.25) is 0 Å². The van der Waals surface area contributed by atoms with Gasteiger partial charge in [-0.15, -0.1) is 0 Å². The largest absolute Gasteiger partial charge is 0.469 e. The van der Waals surface area contributed by atoms with E-state index in [2.05, 4.69) is 4.74 Å². The van der Waals surface area contributed by atoms with Crippen LogP contribution in [-0.4, -0.2) is 44.4 Å². The third kappa shape index (κ3) is 3.13. The molecular weight excluding hydrogens is 314 g/mol. The van der Waals surface area contributed by atoms with Gasteiger partial charge in [-0.1, -0.05) is 18.2 Å². The van der Waals surface area contributed by atoms with Gasteiger partial charge in [-0.05, 0) is 12.1 Å². The zero-order valence-corrected chi connectivity index (χ0v) is 13.6. The van der Waals surface area contributed by atoms with Crippen molar-refractivity contribution < 1.29 is 28.3 Å². The molecule has 0 radical (unpaired) electrons. The molecule has 24 heavy (non-hydrogen) atoms. The van der Waals surface area contributed by atoms with E-state index in [9.17, 15) is 9.59 Å². The number of methoxy groups -OCH3 is 2. The van der Waals surface area contributed by atoms with E-state index in [0.29, 0.717) is 12.3 Å². The Morgan fingerprint density at radius 2 is 2.04 bits per heavy atom. The van der Waals surface area contributed by atoms with Crippen molar-refractivity contribution >= 4 is 22.9 Å². The maximum Gasteiger partial charge on any atom is 0.313 e. The van der Waals surface area contributed by atoms with Crippen molar-refractivity contribution in [2.45, 2.75) is 12.5 Å². The highest BCUT2D eigenvalue weighted by Crippen LogP contribution is 2.38. The second-order valence-corrected chi connectivity index (χ2v) is 5.52. The number of fused-ring (bicyclic) bond motifs is 1. The molecule has 0 unspecified atom stereocenters. The monoisotopic (exact) mass is 333 g/mol. The molecule has 1 saturated heterocycles. The number of carbonyl (C=O) groups is 2. The first-order valence-corrected chi connectivity index (χ1v) is 7.66. The van der Waals surface area contributed by atoms with Gasteiger partial charge in [0.15, 0.2) is 0 Å². The highest BCUT2D eigenvalue weighted by molar-refractivity contribution is 5.79. The summed E-state index contributed by atoms with van der Waals surface area (Å²) in [4.78, 5) is 29.1. The van der Waals surface area contributed by atoms with Crippen molar-refractivity contribution in [3.8, 4) is 0 Å². The average Bonchev–Trinajstić information content (AvgIpc) is 3.22. The highest BCUT2D eigenvalue weighted by atomic mass is 16.7. The molecule has 1 aliphatic heterocycles. The third-order valence-electron chi connectivity index (χ3n) is 4.12. The van der Waals surface area contributed by atoms with Gasteiger partial charge in [-0.2, -0.15) is 5.06 Å². The Kier molecular flexibility index (Phi) is 4.82. The third-order valence-corrected chi connectivity index (χ3v) is 4.12. The lowest BCUT2D eigenvalue weighted by Crippen LogP contribution is -2.30. The summed E-state index contributed by atoms with van der Waals surface area (Å²) in [6.07, 6.45) is 0.154. The molecule has 3 rings (SSSR count). The van der Waals surface area contributed by atoms with E-state index in [-0.39, 0.29) is 25.0 Å². The number of carbonyl (C=O) groups excluding carboxylic acids is 2. The number of benzene rings is 1. The van der Waals surface area contributed by atoms with Crippen molar-refractivity contribution in [2.24, 2.45) is 5.92 Å². The normalized spacial score (nSPS) is 21.1. The minimum Gasteiger partial charge on any atom is -0.469 e. The number of esters is 2. The van der Waals surface area contributed by atoms with E-state index < -0.39 is 12.0 Å². The van der Waals surface area contributed by atoms with Gasteiger partial charge >= 0.3 is 11.9 Å². The molecule has 0 saturated carbocycles. The molecule has 2 heterocycles. The second-order valence-electron chi connectivity index (χ2n) is 5.52. The number of hydrogen-bond acceptors (Lipinski definition) is 7. The van der Waals surface area contributed by atoms with Crippen molar-refractivity contribution in [1.29, 1.82) is 0 Å². The Labute approximate surface area is 139 Å². The van der Waals surface area contributed by atoms with Crippen molar-refractivity contribution in [3.63, 3.8) is 0 Å². The van der Waals surface area contributed by atoms with Crippen molar-refractivity contribution in [2.75, 3.05) is 27.4 Å². The minimum atomic E-state index is -0.520. The molecule has 0 amide bonds. The lowest BCUT2D eigenvalue weighted by molar-refractivity contribution is -0.154. The number of para-hydroxylation sites is 1. The molecule has 7 nitrogen and oxygen atoms in total. The molecule has 7 heteroatoms. The molecule has 0 spiro atoms. The standard InChI is InChI=1S/C17H19NO6/c1-21-15(19)7-8-18-16(12(10-23-18)17(20)22-2)14-9-11-5-3-4-6-13(11)24-14/h3-6,9,12,16H,7-8,10H2,1-2H3/t12-,16-/m1/s1. The highest BCUT2D eigenvalue weighted by Gasteiger charge is 2.44. The van der Waals surface area contributed by atoms with Crippen LogP contribution in [0.15, 0.2) is 34.7 Å². The molecule has 1 aromatic heterocycles. The minimum absolute atomic E-state index is 0.154. The van der Waals surface area contributed by atoms with Crippen LogP contribution in [0, 0.1) is 5.92 Å². The molecule has 1 fully saturated rings. The molecule has 2 aromatic rings. The summed E-state index contributed by atoms with van der Waals surface area (Å²) in [6, 6.07) is 9.03. The van der Waals surface area contributed by atoms with Gasteiger partial charge in [0.25, 0.3) is 0 Å². The van der Waals surface area contributed by atoms with E-state index in [0.717, 1.165) is 11.0 Å². The van der Waals surface area contributed by atoms with E-state index in [1.165, 1.54) is 14.2 Å². The van der Waals surface area contributed by atoms with Gasteiger partial charge in [-0.3, -0.25) is 14.4 Å². The molecule has 0 bridgehead atoms. The summed E-state index contributed by atoms with van der Waals surface area (Å²) in [6.45, 7) is 0.470. The molecule has 2 atom stereocenters. The van der Waals surface area contributed by atoms with Gasteiger partial charge < -0.3 is 13.9 Å². The summed E-state index contributed by atoms with van der Waals surface area (Å²) < 4.78 is 15.4. The molecule has 1 aromatic carbocycles. The number of nitrogens with zero attached hydrogens (tertiary/aromatic N) is 1. The van der Waals surface area contributed by atoms with Crippen LogP contribution in [0.3, 0.4) is 0 Å². The first-order valence-electron chi connectivity index (χ1n) is 7.66. The first kappa shape index (κ1) is 16.5. The molecule has 0 aliphatic carbocycles. The second kappa shape index (κ2) is 7.02. The number of furan rings is 1. The van der Waals surface area contributed by atoms with E-state index >= 15 is 0 Å². The topological polar surface area (TPSA) is 78.2 Å². The van der Waals surface area contributed by atoms with Crippen molar-refractivity contribution in [1.82, 2.24) is 5.06 Å². The Bertz CT molecular complexity index is 707. The summed E-state index contributed by atoms with van der Waals surface area (Å²) in [5.74, 6) is -0.633. The molecule has 0 N–H and O–H groups in total.